The molecule has 0 aromatic rings. The first-order chi connectivity index (χ1) is 8.63. The van der Waals surface area contributed by atoms with E-state index in [9.17, 15) is 9.59 Å². The van der Waals surface area contributed by atoms with Gasteiger partial charge in [0.1, 0.15) is 13.2 Å². The highest BCUT2D eigenvalue weighted by Gasteiger charge is 1.88. The molecular formula is C14H16O4. The maximum Gasteiger partial charge on any atom is 0.302 e. The number of esters is 2. The predicted molar refractivity (Wildman–Crippen MR) is 67.2 cm³/mol. The Hall–Kier alpha value is -2.20. The highest BCUT2D eigenvalue weighted by atomic mass is 16.5. The first-order valence-corrected chi connectivity index (χ1v) is 5.51. The van der Waals surface area contributed by atoms with Crippen molar-refractivity contribution in [2.75, 3.05) is 13.2 Å². The Labute approximate surface area is 107 Å². The monoisotopic (exact) mass is 248 g/mol. The average molecular weight is 248 g/mol. The second-order valence-corrected chi connectivity index (χ2v) is 3.16. The first kappa shape index (κ1) is 15.8. The normalized spacial score (nSPS) is 8.78. The molecule has 0 radical (unpaired) electrons. The first-order valence-electron chi connectivity index (χ1n) is 5.51. The van der Waals surface area contributed by atoms with Gasteiger partial charge in [0, 0.05) is 26.7 Å². The van der Waals surface area contributed by atoms with E-state index in [4.69, 9.17) is 9.47 Å². The van der Waals surface area contributed by atoms with Crippen molar-refractivity contribution >= 4 is 11.9 Å². The smallest absolute Gasteiger partial charge is 0.302 e. The molecule has 18 heavy (non-hydrogen) atoms. The molecule has 0 amide bonds. The second-order valence-electron chi connectivity index (χ2n) is 3.16. The summed E-state index contributed by atoms with van der Waals surface area (Å²) in [5.74, 6) is 10.5. The zero-order valence-corrected chi connectivity index (χ0v) is 10.6. The van der Waals surface area contributed by atoms with E-state index >= 15 is 0 Å². The Morgan fingerprint density at radius 2 is 1.28 bits per heavy atom. The molecule has 0 aliphatic heterocycles. The fraction of sp³-hybridized carbons (Fsp3) is 0.429. The van der Waals surface area contributed by atoms with Gasteiger partial charge in [0.05, 0.1) is 0 Å². The van der Waals surface area contributed by atoms with Gasteiger partial charge in [-0.05, 0) is 12.2 Å². The molecule has 0 unspecified atom stereocenters. The number of hydrogen-bond donors (Lipinski definition) is 0. The molecule has 0 aliphatic rings. The molecule has 96 valence electrons. The van der Waals surface area contributed by atoms with E-state index < -0.39 is 0 Å². The minimum atomic E-state index is -0.300. The number of rotatable bonds is 4. The SMILES string of the molecule is CC(=O)OCCC#C/C=C\C#CCCOC(C)=O. The topological polar surface area (TPSA) is 52.6 Å². The molecule has 0 heterocycles. The molecule has 0 atom stereocenters. The van der Waals surface area contributed by atoms with Crippen molar-refractivity contribution in [3.05, 3.63) is 12.2 Å². The highest BCUT2D eigenvalue weighted by molar-refractivity contribution is 5.66. The standard InChI is InChI=1S/C14H16O4/c1-13(15)17-11-9-7-5-3-4-6-8-10-12-18-14(2)16/h3-4H,9-12H2,1-2H3/b4-3-. The number of hydrogen-bond acceptors (Lipinski definition) is 4. The molecule has 0 rings (SSSR count). The molecule has 0 saturated heterocycles. The quantitative estimate of drug-likeness (QED) is 0.429. The summed E-state index contributed by atoms with van der Waals surface area (Å²) < 4.78 is 9.40. The average Bonchev–Trinajstić information content (AvgIpc) is 2.29. The van der Waals surface area contributed by atoms with Gasteiger partial charge < -0.3 is 9.47 Å². The Kier molecular flexibility index (Phi) is 9.91. The molecular weight excluding hydrogens is 232 g/mol. The van der Waals surface area contributed by atoms with E-state index in [1.807, 2.05) is 0 Å². The van der Waals surface area contributed by atoms with Crippen LogP contribution in [0.2, 0.25) is 0 Å². The van der Waals surface area contributed by atoms with Crippen molar-refractivity contribution in [3.63, 3.8) is 0 Å². The third-order valence-corrected chi connectivity index (χ3v) is 1.52. The van der Waals surface area contributed by atoms with Crippen LogP contribution in [0, 0.1) is 23.7 Å². The van der Waals surface area contributed by atoms with E-state index in [-0.39, 0.29) is 11.9 Å². The molecule has 0 aromatic heterocycles. The Bertz CT molecular complexity index is 373. The van der Waals surface area contributed by atoms with Crippen LogP contribution in [0.1, 0.15) is 26.7 Å². The van der Waals surface area contributed by atoms with E-state index in [1.54, 1.807) is 12.2 Å². The van der Waals surface area contributed by atoms with Gasteiger partial charge in [0.15, 0.2) is 0 Å². The summed E-state index contributed by atoms with van der Waals surface area (Å²) in [7, 11) is 0. The lowest BCUT2D eigenvalue weighted by molar-refractivity contribution is -0.141. The predicted octanol–water partition coefficient (Wildman–Crippen LogP) is 1.46. The molecule has 0 N–H and O–H groups in total. The van der Waals surface area contributed by atoms with Crippen LogP contribution in [0.3, 0.4) is 0 Å². The van der Waals surface area contributed by atoms with Crippen LogP contribution in [0.5, 0.6) is 0 Å². The Morgan fingerprint density at radius 3 is 1.61 bits per heavy atom. The van der Waals surface area contributed by atoms with Crippen molar-refractivity contribution in [2.45, 2.75) is 26.7 Å². The summed E-state index contributed by atoms with van der Waals surface area (Å²) >= 11 is 0. The van der Waals surface area contributed by atoms with E-state index in [0.29, 0.717) is 26.1 Å². The molecule has 0 aliphatic carbocycles. The summed E-state index contributed by atoms with van der Waals surface area (Å²) in [5.41, 5.74) is 0. The summed E-state index contributed by atoms with van der Waals surface area (Å²) in [6.45, 7) is 3.34. The lowest BCUT2D eigenvalue weighted by Crippen LogP contribution is -1.98. The summed E-state index contributed by atoms with van der Waals surface area (Å²) in [6, 6.07) is 0. The largest absolute Gasteiger partial charge is 0.465 e. The van der Waals surface area contributed by atoms with Gasteiger partial charge >= 0.3 is 11.9 Å². The van der Waals surface area contributed by atoms with Crippen LogP contribution in [-0.4, -0.2) is 25.2 Å². The van der Waals surface area contributed by atoms with Crippen LogP contribution in [0.4, 0.5) is 0 Å². The maximum atomic E-state index is 10.4. The van der Waals surface area contributed by atoms with Crippen molar-refractivity contribution in [1.29, 1.82) is 0 Å². The Morgan fingerprint density at radius 1 is 0.889 bits per heavy atom. The highest BCUT2D eigenvalue weighted by Crippen LogP contribution is 1.82. The number of carbonyl (C=O) groups excluding carboxylic acids is 2. The molecule has 4 nitrogen and oxygen atoms in total. The van der Waals surface area contributed by atoms with Crippen molar-refractivity contribution in [1.82, 2.24) is 0 Å². The van der Waals surface area contributed by atoms with Gasteiger partial charge in [-0.1, -0.05) is 23.7 Å². The fourth-order valence-electron chi connectivity index (χ4n) is 0.837. The van der Waals surface area contributed by atoms with Gasteiger partial charge in [-0.15, -0.1) is 0 Å². The molecule has 0 saturated carbocycles. The molecule has 0 aromatic carbocycles. The van der Waals surface area contributed by atoms with Crippen LogP contribution < -0.4 is 0 Å². The Balaban J connectivity index is 3.58. The number of ether oxygens (including phenoxy) is 2. The zero-order chi connectivity index (χ0) is 13.6. The summed E-state index contributed by atoms with van der Waals surface area (Å²) in [4.78, 5) is 20.8. The van der Waals surface area contributed by atoms with Crippen LogP contribution >= 0.6 is 0 Å². The third kappa shape index (κ3) is 13.8. The van der Waals surface area contributed by atoms with E-state index in [1.165, 1.54) is 13.8 Å². The van der Waals surface area contributed by atoms with Crippen molar-refractivity contribution < 1.29 is 19.1 Å². The van der Waals surface area contributed by atoms with Crippen molar-refractivity contribution in [2.24, 2.45) is 0 Å². The summed E-state index contributed by atoms with van der Waals surface area (Å²) in [6.07, 6.45) is 4.24. The van der Waals surface area contributed by atoms with Gasteiger partial charge in [0.25, 0.3) is 0 Å². The minimum absolute atomic E-state index is 0.300. The lowest BCUT2D eigenvalue weighted by atomic mass is 10.4. The van der Waals surface area contributed by atoms with E-state index in [2.05, 4.69) is 23.7 Å². The van der Waals surface area contributed by atoms with Crippen LogP contribution in [0.25, 0.3) is 0 Å². The fourth-order valence-corrected chi connectivity index (χ4v) is 0.837. The van der Waals surface area contributed by atoms with Gasteiger partial charge in [-0.2, -0.15) is 0 Å². The minimum Gasteiger partial charge on any atom is -0.465 e. The molecule has 0 bridgehead atoms. The van der Waals surface area contributed by atoms with Gasteiger partial charge in [0.2, 0.25) is 0 Å². The number of carbonyl (C=O) groups is 2. The number of allylic oxidation sites excluding steroid dienone is 2. The van der Waals surface area contributed by atoms with Crippen LogP contribution in [0.15, 0.2) is 12.2 Å². The van der Waals surface area contributed by atoms with E-state index in [0.717, 1.165) is 0 Å². The molecule has 0 spiro atoms. The van der Waals surface area contributed by atoms with Gasteiger partial charge in [-0.3, -0.25) is 9.59 Å². The lowest BCUT2D eigenvalue weighted by Gasteiger charge is -1.94. The van der Waals surface area contributed by atoms with Gasteiger partial charge in [-0.25, -0.2) is 0 Å². The van der Waals surface area contributed by atoms with Crippen LogP contribution in [-0.2, 0) is 19.1 Å². The summed E-state index contributed by atoms with van der Waals surface area (Å²) in [5, 5.41) is 0. The second kappa shape index (κ2) is 11.3. The molecule has 4 heteroatoms. The zero-order valence-electron chi connectivity index (χ0n) is 10.6. The maximum absolute atomic E-state index is 10.4. The molecule has 0 fully saturated rings. The van der Waals surface area contributed by atoms with Crippen molar-refractivity contribution in [3.8, 4) is 23.7 Å². The third-order valence-electron chi connectivity index (χ3n) is 1.52.